The number of rotatable bonds is 9. The first-order valence-corrected chi connectivity index (χ1v) is 12.4. The lowest BCUT2D eigenvalue weighted by atomic mass is 10.1. The molecule has 1 aromatic carbocycles. The van der Waals surface area contributed by atoms with Crippen LogP contribution in [0.25, 0.3) is 0 Å². The molecule has 0 radical (unpaired) electrons. The molecule has 11 heteroatoms. The van der Waals surface area contributed by atoms with Crippen molar-refractivity contribution in [1.29, 1.82) is 0 Å². The number of nitrogens with one attached hydrogen (secondary N) is 2. The fourth-order valence-electron chi connectivity index (χ4n) is 2.69. The lowest BCUT2D eigenvalue weighted by Crippen LogP contribution is -2.18. The van der Waals surface area contributed by atoms with Crippen molar-refractivity contribution in [3.63, 3.8) is 0 Å². The highest BCUT2D eigenvalue weighted by Crippen LogP contribution is 2.30. The number of anilines is 2. The van der Waals surface area contributed by atoms with Crippen molar-refractivity contribution in [2.45, 2.75) is 35.5 Å². The van der Waals surface area contributed by atoms with E-state index in [1.54, 1.807) is 24.3 Å². The summed E-state index contributed by atoms with van der Waals surface area (Å²) in [6, 6.07) is 6.37. The molecule has 0 bridgehead atoms. The van der Waals surface area contributed by atoms with Crippen LogP contribution in [0.2, 0.25) is 0 Å². The minimum atomic E-state index is -3.34. The molecule has 0 aliphatic carbocycles. The minimum Gasteiger partial charge on any atom is -0.376 e. The number of nitrogens with zero attached hydrogens (tertiary/aromatic N) is 2. The first-order valence-electron chi connectivity index (χ1n) is 8.78. The summed E-state index contributed by atoms with van der Waals surface area (Å²) in [4.78, 5) is 12.6. The highest BCUT2D eigenvalue weighted by molar-refractivity contribution is 8.02. The molecule has 2 heterocycles. The van der Waals surface area contributed by atoms with Gasteiger partial charge in [0.25, 0.3) is 0 Å². The van der Waals surface area contributed by atoms with Gasteiger partial charge in [-0.1, -0.05) is 23.1 Å². The topological polar surface area (TPSA) is 110 Å². The van der Waals surface area contributed by atoms with Gasteiger partial charge < -0.3 is 10.1 Å². The molecule has 0 saturated carbocycles. The maximum atomic E-state index is 12.6. The van der Waals surface area contributed by atoms with E-state index in [0.717, 1.165) is 25.7 Å². The molecule has 2 aromatic rings. The van der Waals surface area contributed by atoms with Crippen LogP contribution in [0.15, 0.2) is 28.6 Å². The van der Waals surface area contributed by atoms with Crippen molar-refractivity contribution in [2.24, 2.45) is 0 Å². The Morgan fingerprint density at radius 2 is 2.11 bits per heavy atom. The molecule has 1 saturated heterocycles. The first-order chi connectivity index (χ1) is 13.3. The number of sulfonamides is 1. The normalized spacial score (nSPS) is 18.0. The zero-order valence-corrected chi connectivity index (χ0v) is 18.0. The van der Waals surface area contributed by atoms with E-state index < -0.39 is 10.0 Å². The summed E-state index contributed by atoms with van der Waals surface area (Å²) in [6.07, 6.45) is 3.45. The monoisotopic (exact) mass is 442 g/mol. The van der Waals surface area contributed by atoms with E-state index in [9.17, 15) is 13.2 Å². The average Bonchev–Trinajstić information content (AvgIpc) is 3.30. The molecule has 2 N–H and O–H groups in total. The number of hydrogen-bond donors (Lipinski definition) is 2. The molecule has 1 aromatic heterocycles. The lowest BCUT2D eigenvalue weighted by molar-refractivity contribution is 0.0994. The van der Waals surface area contributed by atoms with Crippen LogP contribution in [0.5, 0.6) is 0 Å². The molecule has 3 rings (SSSR count). The van der Waals surface area contributed by atoms with E-state index in [1.165, 1.54) is 23.1 Å². The molecule has 1 aliphatic rings. The Balaban J connectivity index is 1.53. The van der Waals surface area contributed by atoms with E-state index in [0.29, 0.717) is 27.3 Å². The second-order valence-electron chi connectivity index (χ2n) is 6.46. The van der Waals surface area contributed by atoms with Gasteiger partial charge in [0.2, 0.25) is 15.2 Å². The molecule has 2 atom stereocenters. The van der Waals surface area contributed by atoms with Crippen LogP contribution in [-0.2, 0) is 14.8 Å². The molecule has 28 heavy (non-hydrogen) atoms. The van der Waals surface area contributed by atoms with Gasteiger partial charge >= 0.3 is 0 Å². The van der Waals surface area contributed by atoms with Crippen molar-refractivity contribution in [1.82, 2.24) is 10.2 Å². The highest BCUT2D eigenvalue weighted by atomic mass is 32.2. The van der Waals surface area contributed by atoms with Gasteiger partial charge in [0, 0.05) is 24.4 Å². The number of aromatic nitrogens is 2. The van der Waals surface area contributed by atoms with E-state index in [4.69, 9.17) is 4.74 Å². The summed E-state index contributed by atoms with van der Waals surface area (Å²) in [5, 5.41) is 11.9. The first kappa shape index (κ1) is 21.0. The Morgan fingerprint density at radius 3 is 2.75 bits per heavy atom. The molecule has 152 valence electrons. The number of ether oxygens (including phenoxy) is 1. The third-order valence-electron chi connectivity index (χ3n) is 4.03. The van der Waals surface area contributed by atoms with Gasteiger partial charge in [-0.3, -0.25) is 9.52 Å². The zero-order valence-electron chi connectivity index (χ0n) is 15.5. The van der Waals surface area contributed by atoms with E-state index in [-0.39, 0.29) is 17.1 Å². The average molecular weight is 443 g/mol. The van der Waals surface area contributed by atoms with Gasteiger partial charge in [-0.2, -0.15) is 0 Å². The highest BCUT2D eigenvalue weighted by Gasteiger charge is 2.20. The minimum absolute atomic E-state index is 0.0556. The molecule has 0 unspecified atom stereocenters. The summed E-state index contributed by atoms with van der Waals surface area (Å²) in [6.45, 7) is 3.34. The third-order valence-corrected chi connectivity index (χ3v) is 6.70. The fourth-order valence-corrected chi connectivity index (χ4v) is 5.24. The standard InChI is InChI=1S/C17H22N4O4S3/c1-11(15(22)12-5-7-13(8-6-12)21-28(2,23)24)26-17-20-19-16(27-17)18-10-14-4-3-9-25-14/h5-8,11,14,21H,3-4,9-10H2,1-2H3,(H,18,19)/t11-,14-/m1/s1. The van der Waals surface area contributed by atoms with E-state index >= 15 is 0 Å². The third kappa shape index (κ3) is 6.16. The number of carbonyl (C=O) groups excluding carboxylic acids is 1. The second-order valence-corrected chi connectivity index (χ2v) is 10.8. The SMILES string of the molecule is C[C@@H](Sc1nnc(NC[C@H]2CCCO2)s1)C(=O)c1ccc(NS(C)(=O)=O)cc1. The Kier molecular flexibility index (Phi) is 6.91. The Bertz CT molecular complexity index is 909. The van der Waals surface area contributed by atoms with Crippen molar-refractivity contribution in [2.75, 3.05) is 29.4 Å². The van der Waals surface area contributed by atoms with Gasteiger partial charge in [-0.25, -0.2) is 8.42 Å². The Hall–Kier alpha value is -1.69. The van der Waals surface area contributed by atoms with Gasteiger partial charge in [-0.05, 0) is 44.0 Å². The van der Waals surface area contributed by atoms with Crippen molar-refractivity contribution >= 4 is 49.7 Å². The maximum absolute atomic E-state index is 12.6. The van der Waals surface area contributed by atoms with Crippen LogP contribution >= 0.6 is 23.1 Å². The van der Waals surface area contributed by atoms with Crippen molar-refractivity contribution < 1.29 is 17.9 Å². The Morgan fingerprint density at radius 1 is 1.36 bits per heavy atom. The van der Waals surface area contributed by atoms with Crippen LogP contribution in [-0.4, -0.2) is 55.2 Å². The van der Waals surface area contributed by atoms with Crippen LogP contribution < -0.4 is 10.0 Å². The molecule has 8 nitrogen and oxygen atoms in total. The molecular formula is C17H22N4O4S3. The van der Waals surface area contributed by atoms with Crippen molar-refractivity contribution in [3.05, 3.63) is 29.8 Å². The lowest BCUT2D eigenvalue weighted by Gasteiger charge is -2.09. The Labute approximate surface area is 172 Å². The predicted molar refractivity (Wildman–Crippen MR) is 112 cm³/mol. The van der Waals surface area contributed by atoms with Crippen molar-refractivity contribution in [3.8, 4) is 0 Å². The van der Waals surface area contributed by atoms with Gasteiger partial charge in [0.05, 0.1) is 17.6 Å². The molecule has 1 fully saturated rings. The smallest absolute Gasteiger partial charge is 0.229 e. The quantitative estimate of drug-likeness (QED) is 0.451. The molecule has 0 amide bonds. The van der Waals surface area contributed by atoms with Gasteiger partial charge in [-0.15, -0.1) is 10.2 Å². The van der Waals surface area contributed by atoms with Gasteiger partial charge in [0.15, 0.2) is 10.1 Å². The summed E-state index contributed by atoms with van der Waals surface area (Å²) < 4.78 is 31.2. The predicted octanol–water partition coefficient (Wildman–Crippen LogP) is 2.86. The zero-order chi connectivity index (χ0) is 20.1. The van der Waals surface area contributed by atoms with Gasteiger partial charge in [0.1, 0.15) is 0 Å². The molecule has 0 spiro atoms. The van der Waals surface area contributed by atoms with Crippen LogP contribution in [0.1, 0.15) is 30.1 Å². The summed E-state index contributed by atoms with van der Waals surface area (Å²) in [5.74, 6) is -0.0556. The van der Waals surface area contributed by atoms with Crippen LogP contribution in [0.3, 0.4) is 0 Å². The molecular weight excluding hydrogens is 420 g/mol. The number of ketones is 1. The number of thioether (sulfide) groups is 1. The number of hydrogen-bond acceptors (Lipinski definition) is 9. The van der Waals surface area contributed by atoms with Crippen LogP contribution in [0.4, 0.5) is 10.8 Å². The fraction of sp³-hybridized carbons (Fsp3) is 0.471. The maximum Gasteiger partial charge on any atom is 0.229 e. The number of carbonyl (C=O) groups is 1. The van der Waals surface area contributed by atoms with Crippen LogP contribution in [0, 0.1) is 0 Å². The summed E-state index contributed by atoms with van der Waals surface area (Å²) in [5.41, 5.74) is 0.936. The largest absolute Gasteiger partial charge is 0.376 e. The summed E-state index contributed by atoms with van der Waals surface area (Å²) >= 11 is 2.76. The second kappa shape index (κ2) is 9.21. The molecule has 1 aliphatic heterocycles. The van der Waals surface area contributed by atoms with E-state index in [1.807, 2.05) is 6.92 Å². The summed E-state index contributed by atoms with van der Waals surface area (Å²) in [7, 11) is -3.34. The number of benzene rings is 1. The van der Waals surface area contributed by atoms with E-state index in [2.05, 4.69) is 20.2 Å². The number of Topliss-reactive ketones (excluding diaryl/α,β-unsaturated/α-hetero) is 1.